The van der Waals surface area contributed by atoms with E-state index in [0.29, 0.717) is 11.8 Å². The second kappa shape index (κ2) is 16.6. The summed E-state index contributed by atoms with van der Waals surface area (Å²) in [6, 6.07) is 4.25. The number of rotatable bonds is 15. The summed E-state index contributed by atoms with van der Waals surface area (Å²) in [5, 5.41) is 26.6. The third-order valence-electron chi connectivity index (χ3n) is 11.0. The number of benzene rings is 2. The molecule has 0 spiro atoms. The zero-order chi connectivity index (χ0) is 34.2. The first kappa shape index (κ1) is 35.6. The van der Waals surface area contributed by atoms with Crippen LogP contribution < -0.4 is 21.8 Å². The lowest BCUT2D eigenvalue weighted by Crippen LogP contribution is -2.39. The van der Waals surface area contributed by atoms with E-state index in [1.54, 1.807) is 0 Å². The number of H-pyrrole nitrogens is 1. The molecule has 1 amide bonds. The largest absolute Gasteiger partial charge is 0.478 e. The van der Waals surface area contributed by atoms with Crippen LogP contribution in [-0.2, 0) is 0 Å². The molecule has 0 saturated heterocycles. The Balaban J connectivity index is 1.41. The van der Waals surface area contributed by atoms with Crippen LogP contribution >= 0.6 is 0 Å². The van der Waals surface area contributed by atoms with Crippen LogP contribution in [0.4, 0.5) is 0 Å². The molecule has 0 radical (unpaired) electrons. The standard InChI is InChI=1S/C39H54N4O5/c1-3-5-7-9-11-24-13-17-26(18-14-24)41-35(40)34-31(39(47)48)23-30(32-28-21-22-29(33(32)34)37(45)43-36(28)44)38(46)42-27-19-15-25(16-20-27)12-10-8-6-4-2/h21-27H,3-20H2,1-2H3,(H2,40,41)(H,42,46)(H,47,48)(H,43,44,45)/t24-,25-,26-,27-. The first-order chi connectivity index (χ1) is 23.2. The molecule has 9 heteroatoms. The number of carbonyl (C=O) groups excluding carboxylic acids is 1. The van der Waals surface area contributed by atoms with E-state index < -0.39 is 23.0 Å². The fourth-order valence-corrected chi connectivity index (χ4v) is 8.24. The molecule has 48 heavy (non-hydrogen) atoms. The van der Waals surface area contributed by atoms with Crippen molar-refractivity contribution in [2.45, 2.75) is 142 Å². The Morgan fingerprint density at radius 2 is 1.23 bits per heavy atom. The number of carboxylic acids is 1. The van der Waals surface area contributed by atoms with Crippen LogP contribution in [0.1, 0.15) is 156 Å². The average Bonchev–Trinajstić information content (AvgIpc) is 3.28. The van der Waals surface area contributed by atoms with Gasteiger partial charge in [0.2, 0.25) is 0 Å². The lowest BCUT2D eigenvalue weighted by atomic mass is 9.82. The van der Waals surface area contributed by atoms with Gasteiger partial charge in [-0.1, -0.05) is 78.1 Å². The van der Waals surface area contributed by atoms with E-state index in [-0.39, 0.29) is 56.2 Å². The van der Waals surface area contributed by atoms with Crippen molar-refractivity contribution in [2.75, 3.05) is 0 Å². The summed E-state index contributed by atoms with van der Waals surface area (Å²) >= 11 is 0. The molecule has 2 aliphatic carbocycles. The van der Waals surface area contributed by atoms with Crippen LogP contribution in [0.2, 0.25) is 0 Å². The molecule has 2 bridgehead atoms. The molecule has 0 unspecified atom stereocenters. The maximum absolute atomic E-state index is 14.0. The van der Waals surface area contributed by atoms with Crippen molar-refractivity contribution >= 4 is 39.3 Å². The lowest BCUT2D eigenvalue weighted by Gasteiger charge is -2.30. The van der Waals surface area contributed by atoms with Gasteiger partial charge in [0, 0.05) is 44.8 Å². The summed E-state index contributed by atoms with van der Waals surface area (Å²) in [6.07, 6.45) is 20.0. The van der Waals surface area contributed by atoms with Crippen molar-refractivity contribution in [2.24, 2.45) is 11.8 Å². The van der Waals surface area contributed by atoms with Crippen LogP contribution in [-0.4, -0.2) is 39.9 Å². The minimum absolute atomic E-state index is 0.00180. The molecule has 0 atom stereocenters. The maximum Gasteiger partial charge on any atom is 0.336 e. The van der Waals surface area contributed by atoms with Gasteiger partial charge in [-0.2, -0.15) is 0 Å². The van der Waals surface area contributed by atoms with E-state index in [1.807, 2.05) is 0 Å². The van der Waals surface area contributed by atoms with E-state index in [4.69, 9.17) is 5.41 Å². The Labute approximate surface area is 283 Å². The summed E-state index contributed by atoms with van der Waals surface area (Å²) in [5.74, 6) is -0.535. The smallest absolute Gasteiger partial charge is 0.336 e. The Kier molecular flexibility index (Phi) is 12.3. The highest BCUT2D eigenvalue weighted by Crippen LogP contribution is 2.35. The van der Waals surface area contributed by atoms with Gasteiger partial charge in [-0.25, -0.2) is 4.79 Å². The molecule has 4 aromatic rings. The van der Waals surface area contributed by atoms with Gasteiger partial charge in [0.1, 0.15) is 5.84 Å². The van der Waals surface area contributed by atoms with Crippen molar-refractivity contribution in [3.05, 3.63) is 55.6 Å². The van der Waals surface area contributed by atoms with Crippen LogP contribution in [0.25, 0.3) is 21.5 Å². The first-order valence-corrected chi connectivity index (χ1v) is 18.6. The second-order valence-electron chi connectivity index (χ2n) is 14.5. The molecular formula is C39H54N4O5. The fraction of sp³-hybridized carbons (Fsp3) is 0.615. The first-order valence-electron chi connectivity index (χ1n) is 18.6. The molecule has 2 heterocycles. The molecule has 5 N–H and O–H groups in total. The predicted molar refractivity (Wildman–Crippen MR) is 193 cm³/mol. The van der Waals surface area contributed by atoms with Crippen LogP contribution in [0.3, 0.4) is 0 Å². The van der Waals surface area contributed by atoms with Crippen LogP contribution in [0.15, 0.2) is 27.8 Å². The van der Waals surface area contributed by atoms with Gasteiger partial charge in [0.15, 0.2) is 0 Å². The molecule has 2 aromatic carbocycles. The predicted octanol–water partition coefficient (Wildman–Crippen LogP) is 7.88. The summed E-state index contributed by atoms with van der Waals surface area (Å²) in [6.45, 7) is 4.43. The number of amides is 1. The van der Waals surface area contributed by atoms with Gasteiger partial charge in [-0.05, 0) is 81.4 Å². The molecular weight excluding hydrogens is 604 g/mol. The number of aromatic carboxylic acids is 1. The van der Waals surface area contributed by atoms with E-state index in [1.165, 1.54) is 82.4 Å². The maximum atomic E-state index is 14.0. The van der Waals surface area contributed by atoms with Crippen molar-refractivity contribution in [3.63, 3.8) is 0 Å². The number of unbranched alkanes of at least 4 members (excludes halogenated alkanes) is 6. The minimum atomic E-state index is -1.30. The van der Waals surface area contributed by atoms with E-state index in [9.17, 15) is 24.3 Å². The number of hydrogen-bond acceptors (Lipinski definition) is 5. The number of amidine groups is 1. The molecule has 2 saturated carbocycles. The zero-order valence-electron chi connectivity index (χ0n) is 28.8. The van der Waals surface area contributed by atoms with Gasteiger partial charge in [-0.3, -0.25) is 24.8 Å². The Hall–Kier alpha value is -3.75. The molecule has 0 aliphatic heterocycles. The average molecular weight is 659 g/mol. The summed E-state index contributed by atoms with van der Waals surface area (Å²) < 4.78 is 0. The Bertz CT molecular complexity index is 1700. The highest BCUT2D eigenvalue weighted by molar-refractivity contribution is 6.27. The monoisotopic (exact) mass is 658 g/mol. The van der Waals surface area contributed by atoms with Crippen molar-refractivity contribution < 1.29 is 14.7 Å². The van der Waals surface area contributed by atoms with Crippen molar-refractivity contribution in [3.8, 4) is 0 Å². The fourth-order valence-electron chi connectivity index (χ4n) is 8.24. The molecule has 6 rings (SSSR count). The number of aromatic nitrogens is 1. The highest BCUT2D eigenvalue weighted by Gasteiger charge is 2.30. The molecule has 2 aliphatic rings. The van der Waals surface area contributed by atoms with Crippen molar-refractivity contribution in [1.29, 1.82) is 5.41 Å². The number of carboxylic acid groups (broad SMARTS) is 1. The zero-order valence-corrected chi connectivity index (χ0v) is 28.8. The second-order valence-corrected chi connectivity index (χ2v) is 14.5. The number of fused-ring (bicyclic) bond motifs is 3. The SMILES string of the molecule is CCCCCC[C@H]1CC[C@H](NC(=N)c2c(C(=O)O)cc(C(=O)N[C@H]3CC[C@H](CCCCCC)CC3)c3c4ccc(c(=O)[nH]c4=O)c23)CC1. The van der Waals surface area contributed by atoms with E-state index >= 15 is 0 Å². The summed E-state index contributed by atoms with van der Waals surface area (Å²) in [4.78, 5) is 55.5. The van der Waals surface area contributed by atoms with Gasteiger partial charge in [-0.15, -0.1) is 0 Å². The topological polar surface area (TPSA) is 152 Å². The number of aromatic amines is 1. The molecule has 260 valence electrons. The highest BCUT2D eigenvalue weighted by atomic mass is 16.4. The molecule has 2 aromatic heterocycles. The number of hydrogen-bond donors (Lipinski definition) is 5. The lowest BCUT2D eigenvalue weighted by molar-refractivity contribution is 0.0696. The van der Waals surface area contributed by atoms with Gasteiger partial charge >= 0.3 is 5.97 Å². The Morgan fingerprint density at radius 3 is 1.73 bits per heavy atom. The summed E-state index contributed by atoms with van der Waals surface area (Å²) in [5.41, 5.74) is -1.46. The normalized spacial score (nSPS) is 21.4. The van der Waals surface area contributed by atoms with Gasteiger partial charge in [0.25, 0.3) is 17.0 Å². The van der Waals surface area contributed by atoms with E-state index in [0.717, 1.165) is 51.4 Å². The number of nitrogens with one attached hydrogen (secondary N) is 4. The van der Waals surface area contributed by atoms with E-state index in [2.05, 4.69) is 29.5 Å². The van der Waals surface area contributed by atoms with Crippen LogP contribution in [0, 0.1) is 17.2 Å². The van der Waals surface area contributed by atoms with Crippen molar-refractivity contribution in [1.82, 2.24) is 15.6 Å². The third-order valence-corrected chi connectivity index (χ3v) is 11.0. The minimum Gasteiger partial charge on any atom is -0.478 e. The molecule has 9 nitrogen and oxygen atoms in total. The van der Waals surface area contributed by atoms with Gasteiger partial charge in [0.05, 0.1) is 5.56 Å². The van der Waals surface area contributed by atoms with Crippen LogP contribution in [0.5, 0.6) is 0 Å². The van der Waals surface area contributed by atoms with Gasteiger partial charge < -0.3 is 15.7 Å². The Morgan fingerprint density at radius 1 is 0.729 bits per heavy atom. The molecule has 2 fully saturated rings. The quantitative estimate of drug-likeness (QED) is 0.0636. The summed E-state index contributed by atoms with van der Waals surface area (Å²) in [7, 11) is 0. The number of carbonyl (C=O) groups is 2. The third kappa shape index (κ3) is 8.27.